The molecule has 0 unspecified atom stereocenters. The standard InChI is InChI=1S/C18H15P.2ClH.Ni.Ru/c1-4-10-16(11-5-1)19(17-12-6-2-7-13-17)18-14-8-3-9-15-18;;;;/h1-15H;2*1H;;/q;;;+2;/p-2. The molecule has 124 valence electrons. The van der Waals surface area contributed by atoms with Gasteiger partial charge in [-0.25, -0.2) is 0 Å². The van der Waals surface area contributed by atoms with Crippen LogP contribution in [-0.4, -0.2) is 0 Å². The topological polar surface area (TPSA) is 0 Å². The molecule has 0 aromatic heterocycles. The minimum Gasteiger partial charge on any atom is -0.0622 e. The second-order valence-electron chi connectivity index (χ2n) is 4.39. The van der Waals surface area contributed by atoms with Gasteiger partial charge in [-0.05, 0) is 23.8 Å². The largest absolute Gasteiger partial charge is 0.0622 e. The maximum atomic E-state index is 4.70. The Morgan fingerprint density at radius 2 is 0.739 bits per heavy atom. The van der Waals surface area contributed by atoms with Crippen molar-refractivity contribution in [3.63, 3.8) is 0 Å². The molecule has 0 fully saturated rings. The molecule has 0 spiro atoms. The van der Waals surface area contributed by atoms with E-state index in [4.69, 9.17) is 20.4 Å². The molecule has 3 aromatic carbocycles. The molecular weight excluding hydrogens is 478 g/mol. The zero-order valence-corrected chi connectivity index (χ0v) is 17.2. The van der Waals surface area contributed by atoms with Crippen LogP contribution in [-0.2, 0) is 32.1 Å². The molecule has 0 amide bonds. The van der Waals surface area contributed by atoms with Gasteiger partial charge in [0.25, 0.3) is 0 Å². The van der Waals surface area contributed by atoms with Crippen molar-refractivity contribution in [1.29, 1.82) is 0 Å². The minimum absolute atomic E-state index is 0. The van der Waals surface area contributed by atoms with Gasteiger partial charge in [-0.3, -0.25) is 0 Å². The molecule has 0 radical (unpaired) electrons. The van der Waals surface area contributed by atoms with Crippen LogP contribution in [0.15, 0.2) is 91.0 Å². The van der Waals surface area contributed by atoms with Gasteiger partial charge in [0.1, 0.15) is 0 Å². The average molecular weight is 493 g/mol. The summed E-state index contributed by atoms with van der Waals surface area (Å²) in [4.78, 5) is 0. The molecule has 0 nitrogen and oxygen atoms in total. The number of hydrogen-bond donors (Lipinski definition) is 0. The van der Waals surface area contributed by atoms with Crippen LogP contribution in [0.25, 0.3) is 0 Å². The fourth-order valence-corrected chi connectivity index (χ4v) is 4.48. The molecular formula is C18H15Cl2NiPRu. The molecule has 0 atom stereocenters. The molecule has 0 aliphatic rings. The first-order valence-electron chi connectivity index (χ1n) is 6.64. The number of hydrogen-bond acceptors (Lipinski definition) is 0. The molecule has 0 saturated heterocycles. The van der Waals surface area contributed by atoms with E-state index in [0.29, 0.717) is 12.7 Å². The molecule has 0 aliphatic heterocycles. The van der Waals surface area contributed by atoms with Crippen LogP contribution in [0.2, 0.25) is 0 Å². The van der Waals surface area contributed by atoms with Crippen LogP contribution in [0.5, 0.6) is 0 Å². The first kappa shape index (κ1) is 20.8. The maximum absolute atomic E-state index is 4.70. The van der Waals surface area contributed by atoms with Crippen molar-refractivity contribution in [3.05, 3.63) is 91.0 Å². The van der Waals surface area contributed by atoms with Crippen molar-refractivity contribution in [2.75, 3.05) is 0 Å². The third-order valence-electron chi connectivity index (χ3n) is 3.04. The number of benzene rings is 3. The average Bonchev–Trinajstić information content (AvgIpc) is 2.59. The fraction of sp³-hybridized carbons (Fsp3) is 0. The SMILES string of the molecule is [Cl][Ni][Cl].[Ru].c1ccc(P(c2ccccc2)c2ccccc2)cc1. The predicted molar refractivity (Wildman–Crippen MR) is 96.9 cm³/mol. The predicted octanol–water partition coefficient (Wildman–Crippen LogP) is 4.82. The van der Waals surface area contributed by atoms with Crippen molar-refractivity contribution >= 4 is 44.2 Å². The summed E-state index contributed by atoms with van der Waals surface area (Å²) in [5.74, 6) is 0. The minimum atomic E-state index is -0.446. The van der Waals surface area contributed by atoms with Gasteiger partial charge in [-0.1, -0.05) is 91.0 Å². The van der Waals surface area contributed by atoms with Crippen LogP contribution >= 0.6 is 28.3 Å². The van der Waals surface area contributed by atoms with E-state index in [9.17, 15) is 0 Å². The van der Waals surface area contributed by atoms with E-state index in [2.05, 4.69) is 91.0 Å². The van der Waals surface area contributed by atoms with Crippen molar-refractivity contribution < 1.29 is 32.1 Å². The van der Waals surface area contributed by atoms with Gasteiger partial charge in [-0.15, -0.1) is 0 Å². The molecule has 3 aromatic rings. The van der Waals surface area contributed by atoms with Crippen LogP contribution in [0.3, 0.4) is 0 Å². The Balaban J connectivity index is 0.000000615. The van der Waals surface area contributed by atoms with E-state index in [0.717, 1.165) is 0 Å². The Bertz CT molecular complexity index is 560. The van der Waals surface area contributed by atoms with E-state index in [1.165, 1.54) is 15.9 Å². The van der Waals surface area contributed by atoms with Gasteiger partial charge in [0.05, 0.1) is 0 Å². The molecule has 0 saturated carbocycles. The molecule has 0 heterocycles. The van der Waals surface area contributed by atoms with Crippen LogP contribution in [0, 0.1) is 0 Å². The second-order valence-corrected chi connectivity index (χ2v) is 8.24. The summed E-state index contributed by atoms with van der Waals surface area (Å²) in [6.45, 7) is 0. The molecule has 0 N–H and O–H groups in total. The van der Waals surface area contributed by atoms with Crippen molar-refractivity contribution in [2.24, 2.45) is 0 Å². The van der Waals surface area contributed by atoms with Crippen molar-refractivity contribution in [3.8, 4) is 0 Å². The van der Waals surface area contributed by atoms with Crippen LogP contribution in [0.4, 0.5) is 0 Å². The Labute approximate surface area is 166 Å². The summed E-state index contributed by atoms with van der Waals surface area (Å²) in [6.07, 6.45) is 0. The Morgan fingerprint density at radius 1 is 0.522 bits per heavy atom. The third-order valence-corrected chi connectivity index (χ3v) is 5.49. The summed E-state index contributed by atoms with van der Waals surface area (Å²) in [7, 11) is 8.96. The molecule has 5 heteroatoms. The Hall–Kier alpha value is -0.213. The molecule has 3 rings (SSSR count). The second kappa shape index (κ2) is 12.2. The van der Waals surface area contributed by atoms with E-state index in [1.807, 2.05) is 0 Å². The van der Waals surface area contributed by atoms with Gasteiger partial charge in [-0.2, -0.15) is 0 Å². The van der Waals surface area contributed by atoms with Gasteiger partial charge in [0.2, 0.25) is 0 Å². The van der Waals surface area contributed by atoms with E-state index >= 15 is 0 Å². The zero-order chi connectivity index (χ0) is 15.6. The maximum Gasteiger partial charge on any atom is 0 e. The van der Waals surface area contributed by atoms with Gasteiger partial charge >= 0.3 is 33.0 Å². The number of rotatable bonds is 3. The van der Waals surface area contributed by atoms with E-state index in [-0.39, 0.29) is 19.5 Å². The summed E-state index contributed by atoms with van der Waals surface area (Å²) in [6, 6.07) is 32.3. The van der Waals surface area contributed by atoms with Crippen LogP contribution in [0.1, 0.15) is 0 Å². The van der Waals surface area contributed by atoms with Gasteiger partial charge in [0, 0.05) is 19.5 Å². The van der Waals surface area contributed by atoms with Gasteiger partial charge < -0.3 is 0 Å². The van der Waals surface area contributed by atoms with Crippen LogP contribution < -0.4 is 15.9 Å². The summed E-state index contributed by atoms with van der Waals surface area (Å²) >= 11 is 0.569. The van der Waals surface area contributed by atoms with E-state index < -0.39 is 7.92 Å². The molecule has 0 aliphatic carbocycles. The van der Waals surface area contributed by atoms with Gasteiger partial charge in [0.15, 0.2) is 0 Å². The Kier molecular flexibility index (Phi) is 11.0. The normalized spacial score (nSPS) is 9.70. The van der Waals surface area contributed by atoms with Crippen molar-refractivity contribution in [1.82, 2.24) is 0 Å². The first-order valence-corrected chi connectivity index (χ1v) is 10.7. The zero-order valence-electron chi connectivity index (χ0n) is 12.0. The van der Waals surface area contributed by atoms with Crippen molar-refractivity contribution in [2.45, 2.75) is 0 Å². The molecule has 23 heavy (non-hydrogen) atoms. The smallest absolute Gasteiger partial charge is 0 e. The first-order chi connectivity index (χ1) is 10.9. The number of halogens is 2. The third kappa shape index (κ3) is 6.66. The summed E-state index contributed by atoms with van der Waals surface area (Å²) < 4.78 is 0. The fourth-order valence-electron chi connectivity index (χ4n) is 2.18. The Morgan fingerprint density at radius 3 is 0.957 bits per heavy atom. The van der Waals surface area contributed by atoms with E-state index in [1.54, 1.807) is 0 Å². The summed E-state index contributed by atoms with van der Waals surface area (Å²) in [5, 5.41) is 4.19. The quantitative estimate of drug-likeness (QED) is 0.363. The monoisotopic (exact) mass is 492 g/mol. The summed E-state index contributed by atoms with van der Waals surface area (Å²) in [5.41, 5.74) is 0. The molecule has 0 bridgehead atoms.